The maximum atomic E-state index is 12.9. The number of thioether (sulfide) groups is 1. The zero-order chi connectivity index (χ0) is 17.9. The Kier molecular flexibility index (Phi) is 4.71. The van der Waals surface area contributed by atoms with Crippen LogP contribution in [0.15, 0.2) is 58.9 Å². The molecule has 1 aromatic heterocycles. The van der Waals surface area contributed by atoms with Crippen LogP contribution in [0.3, 0.4) is 0 Å². The maximum Gasteiger partial charge on any atom is 0.276 e. The molecule has 4 rings (SSSR count). The molecule has 0 saturated carbocycles. The van der Waals surface area contributed by atoms with Crippen molar-refractivity contribution in [3.8, 4) is 0 Å². The van der Waals surface area contributed by atoms with Gasteiger partial charge in [-0.1, -0.05) is 49.4 Å². The predicted molar refractivity (Wildman–Crippen MR) is 102 cm³/mol. The van der Waals surface area contributed by atoms with Crippen molar-refractivity contribution in [2.75, 3.05) is 5.75 Å². The van der Waals surface area contributed by atoms with Crippen molar-refractivity contribution in [2.45, 2.75) is 25.9 Å². The first-order valence-corrected chi connectivity index (χ1v) is 9.65. The average molecular weight is 365 g/mol. The number of amidine groups is 1. The Morgan fingerprint density at radius 3 is 2.92 bits per heavy atom. The number of amides is 1. The summed E-state index contributed by atoms with van der Waals surface area (Å²) in [4.78, 5) is 21.9. The molecule has 0 radical (unpaired) electrons. The molecule has 2 aliphatic heterocycles. The van der Waals surface area contributed by atoms with Crippen LogP contribution < -0.4 is 15.9 Å². The Labute approximate surface area is 155 Å². The van der Waals surface area contributed by atoms with Crippen LogP contribution in [0.4, 0.5) is 0 Å². The van der Waals surface area contributed by atoms with E-state index in [0.29, 0.717) is 10.9 Å². The number of pyridine rings is 1. The third kappa shape index (κ3) is 3.10. The van der Waals surface area contributed by atoms with Crippen LogP contribution in [0, 0.1) is 0 Å². The third-order valence-electron chi connectivity index (χ3n) is 4.23. The standard InChI is InChI=1S/C19H19N5OS/c1-2-3-11-26-19-22-18(25)16-14-8-4-5-9-15(14)21-17(24(16)23-19)13-7-6-10-20-12-13/h4-10,12,17H,2-3,11H2,1H3,(H,22,23,25). The van der Waals surface area contributed by atoms with E-state index < -0.39 is 6.17 Å². The lowest BCUT2D eigenvalue weighted by Gasteiger charge is -2.33. The second-order valence-corrected chi connectivity index (χ2v) is 7.14. The highest BCUT2D eigenvalue weighted by molar-refractivity contribution is 8.13. The van der Waals surface area contributed by atoms with Gasteiger partial charge in [-0.05, 0) is 18.6 Å². The predicted octanol–water partition coefficient (Wildman–Crippen LogP) is 1.76. The van der Waals surface area contributed by atoms with Crippen LogP contribution >= 0.6 is 11.8 Å². The van der Waals surface area contributed by atoms with E-state index in [1.54, 1.807) is 29.2 Å². The molecular formula is C19H19N5OS. The molecule has 1 atom stereocenters. The van der Waals surface area contributed by atoms with Crippen molar-refractivity contribution in [2.24, 2.45) is 10.1 Å². The fourth-order valence-electron chi connectivity index (χ4n) is 2.95. The van der Waals surface area contributed by atoms with Gasteiger partial charge >= 0.3 is 0 Å². The number of hydrogen-bond acceptors (Lipinski definition) is 6. The van der Waals surface area contributed by atoms with Gasteiger partial charge in [-0.15, -0.1) is 5.10 Å². The number of nitrogens with one attached hydrogen (secondary N) is 1. The fraction of sp³-hybridized carbons (Fsp3) is 0.263. The molecule has 0 fully saturated rings. The smallest absolute Gasteiger partial charge is 0.276 e. The molecule has 1 aromatic carbocycles. The molecule has 6 nitrogen and oxygen atoms in total. The van der Waals surface area contributed by atoms with E-state index in [9.17, 15) is 4.79 Å². The molecule has 0 aliphatic carbocycles. The van der Waals surface area contributed by atoms with Crippen molar-refractivity contribution >= 4 is 28.5 Å². The van der Waals surface area contributed by atoms with Crippen molar-refractivity contribution in [3.63, 3.8) is 0 Å². The van der Waals surface area contributed by atoms with E-state index in [-0.39, 0.29) is 5.91 Å². The summed E-state index contributed by atoms with van der Waals surface area (Å²) < 4.78 is 0. The molecule has 3 heterocycles. The Balaban J connectivity index is 1.83. The number of nitrogens with zero attached hydrogens (tertiary/aromatic N) is 4. The summed E-state index contributed by atoms with van der Waals surface area (Å²) in [5, 5.41) is 11.6. The first-order chi connectivity index (χ1) is 12.8. The van der Waals surface area contributed by atoms with E-state index in [1.165, 1.54) is 0 Å². The number of unbranched alkanes of at least 4 members (excludes halogenated alkanes) is 1. The number of fused-ring (bicyclic) bond motifs is 2. The Morgan fingerprint density at radius 1 is 1.23 bits per heavy atom. The number of aromatic nitrogens is 1. The minimum atomic E-state index is -0.401. The summed E-state index contributed by atoms with van der Waals surface area (Å²) >= 11 is 1.57. The quantitative estimate of drug-likeness (QED) is 0.838. The topological polar surface area (TPSA) is 70.0 Å². The van der Waals surface area contributed by atoms with Gasteiger partial charge in [0.25, 0.3) is 5.91 Å². The van der Waals surface area contributed by atoms with Crippen LogP contribution in [0.2, 0.25) is 0 Å². The highest BCUT2D eigenvalue weighted by Gasteiger charge is 2.34. The molecule has 2 aliphatic rings. The Bertz CT molecular complexity index is 973. The van der Waals surface area contributed by atoms with Crippen molar-refractivity contribution < 1.29 is 4.79 Å². The molecule has 1 N–H and O–H groups in total. The van der Waals surface area contributed by atoms with Crippen molar-refractivity contribution in [3.05, 3.63) is 64.9 Å². The maximum absolute atomic E-state index is 12.9. The van der Waals surface area contributed by atoms with Gasteiger partial charge in [0, 0.05) is 28.9 Å². The molecule has 0 spiro atoms. The summed E-state index contributed by atoms with van der Waals surface area (Å²) in [7, 11) is 0. The van der Waals surface area contributed by atoms with Gasteiger partial charge in [0.1, 0.15) is 5.70 Å². The van der Waals surface area contributed by atoms with Gasteiger partial charge in [0.05, 0.1) is 5.36 Å². The van der Waals surface area contributed by atoms with Gasteiger partial charge in [-0.3, -0.25) is 20.1 Å². The van der Waals surface area contributed by atoms with Crippen molar-refractivity contribution in [1.29, 1.82) is 0 Å². The second-order valence-electron chi connectivity index (χ2n) is 6.06. The third-order valence-corrected chi connectivity index (χ3v) is 5.18. The van der Waals surface area contributed by atoms with Crippen LogP contribution in [-0.4, -0.2) is 26.8 Å². The van der Waals surface area contributed by atoms with E-state index in [0.717, 1.165) is 34.7 Å². The molecule has 2 aromatic rings. The number of hydrogen-bond donors (Lipinski definition) is 1. The zero-order valence-electron chi connectivity index (χ0n) is 14.4. The highest BCUT2D eigenvalue weighted by atomic mass is 32.2. The van der Waals surface area contributed by atoms with Gasteiger partial charge < -0.3 is 0 Å². The minimum Gasteiger partial charge on any atom is -0.298 e. The van der Waals surface area contributed by atoms with Gasteiger partial charge in [0.15, 0.2) is 11.3 Å². The monoisotopic (exact) mass is 365 g/mol. The second kappa shape index (κ2) is 7.29. The van der Waals surface area contributed by atoms with Crippen LogP contribution in [0.5, 0.6) is 0 Å². The van der Waals surface area contributed by atoms with Crippen LogP contribution in [0.25, 0.3) is 5.70 Å². The normalized spacial score (nSPS) is 18.4. The summed E-state index contributed by atoms with van der Waals surface area (Å²) in [6, 6.07) is 11.5. The van der Waals surface area contributed by atoms with Crippen LogP contribution in [0.1, 0.15) is 31.5 Å². The number of para-hydroxylation sites is 1. The van der Waals surface area contributed by atoms with Crippen LogP contribution in [-0.2, 0) is 4.79 Å². The van der Waals surface area contributed by atoms with Crippen molar-refractivity contribution in [1.82, 2.24) is 15.3 Å². The first-order valence-electron chi connectivity index (χ1n) is 8.67. The highest BCUT2D eigenvalue weighted by Crippen LogP contribution is 2.30. The number of rotatable bonds is 4. The summed E-state index contributed by atoms with van der Waals surface area (Å²) in [5.74, 6) is 0.777. The largest absolute Gasteiger partial charge is 0.298 e. The Morgan fingerprint density at radius 2 is 2.12 bits per heavy atom. The lowest BCUT2D eigenvalue weighted by molar-refractivity contribution is -0.116. The molecule has 132 valence electrons. The molecule has 7 heteroatoms. The fourth-order valence-corrected chi connectivity index (χ4v) is 3.89. The minimum absolute atomic E-state index is 0.143. The molecule has 0 saturated heterocycles. The summed E-state index contributed by atoms with van der Waals surface area (Å²) in [5.41, 5.74) is 1.43. The number of benzene rings is 1. The Hall–Kier alpha value is -2.67. The number of carbonyl (C=O) groups is 1. The SMILES string of the molecule is CCCCSC1=NN2C(=c3ccccc3=NC2c2cccnc2)C(=O)N1. The van der Waals surface area contributed by atoms with E-state index >= 15 is 0 Å². The van der Waals surface area contributed by atoms with Gasteiger partial charge in [0.2, 0.25) is 0 Å². The first kappa shape index (κ1) is 16.8. The lowest BCUT2D eigenvalue weighted by atomic mass is 10.1. The zero-order valence-corrected chi connectivity index (χ0v) is 15.2. The lowest BCUT2D eigenvalue weighted by Crippen LogP contribution is -2.50. The average Bonchev–Trinajstić information content (AvgIpc) is 2.68. The molecule has 1 amide bonds. The summed E-state index contributed by atoms with van der Waals surface area (Å²) in [6.45, 7) is 2.15. The van der Waals surface area contributed by atoms with Gasteiger partial charge in [-0.25, -0.2) is 5.01 Å². The number of carbonyl (C=O) groups excluding carboxylic acids is 1. The number of hydrazone groups is 1. The summed E-state index contributed by atoms with van der Waals surface area (Å²) in [6.07, 6.45) is 5.28. The molecule has 0 bridgehead atoms. The molecule has 1 unspecified atom stereocenters. The van der Waals surface area contributed by atoms with Gasteiger partial charge in [-0.2, -0.15) is 0 Å². The van der Waals surface area contributed by atoms with E-state index in [1.807, 2.05) is 36.4 Å². The van der Waals surface area contributed by atoms with E-state index in [2.05, 4.69) is 17.2 Å². The molecule has 26 heavy (non-hydrogen) atoms. The molecular weight excluding hydrogens is 346 g/mol. The van der Waals surface area contributed by atoms with E-state index in [4.69, 9.17) is 10.1 Å².